The molecule has 4 atom stereocenters. The fourth-order valence-corrected chi connectivity index (χ4v) is 6.86. The van der Waals surface area contributed by atoms with Gasteiger partial charge in [-0.1, -0.05) is 41.4 Å². The Hall–Kier alpha value is -2.15. The van der Waals surface area contributed by atoms with E-state index < -0.39 is 17.3 Å². The van der Waals surface area contributed by atoms with Gasteiger partial charge in [0.05, 0.1) is 11.1 Å². The number of amides is 2. The number of carbonyl (C=O) groups is 2. The minimum Gasteiger partial charge on any atom is -0.338 e. The lowest BCUT2D eigenvalue weighted by molar-refractivity contribution is -0.132. The van der Waals surface area contributed by atoms with Crippen LogP contribution < -0.4 is 5.32 Å². The molecule has 2 aromatic carbocycles. The highest BCUT2D eigenvalue weighted by atomic mass is 35.5. The number of nitrogens with zero attached hydrogens (tertiary/aromatic N) is 2. The Morgan fingerprint density at radius 2 is 2.00 bits per heavy atom. The molecule has 1 spiro atoms. The van der Waals surface area contributed by atoms with Gasteiger partial charge in [0.1, 0.15) is 11.4 Å². The first-order valence-electron chi connectivity index (χ1n) is 11.4. The van der Waals surface area contributed by atoms with Crippen molar-refractivity contribution in [2.24, 2.45) is 5.92 Å². The molecule has 2 aromatic rings. The van der Waals surface area contributed by atoms with Crippen molar-refractivity contribution in [3.8, 4) is 0 Å². The topological polar surface area (TPSA) is 52.7 Å². The molecular weight excluding hydrogens is 464 g/mol. The van der Waals surface area contributed by atoms with E-state index in [0.717, 1.165) is 31.4 Å². The van der Waals surface area contributed by atoms with Crippen LogP contribution in [0, 0.1) is 11.7 Å². The highest BCUT2D eigenvalue weighted by molar-refractivity contribution is 6.31. The molecular formula is C25H24Cl2FN3O2. The van der Waals surface area contributed by atoms with Gasteiger partial charge in [-0.3, -0.25) is 14.5 Å². The fraction of sp³-hybridized carbons (Fsp3) is 0.440. The summed E-state index contributed by atoms with van der Waals surface area (Å²) in [6, 6.07) is 9.97. The first-order valence-corrected chi connectivity index (χ1v) is 12.2. The lowest BCUT2D eigenvalue weighted by atomic mass is 9.73. The molecule has 2 saturated heterocycles. The quantitative estimate of drug-likeness (QED) is 0.677. The highest BCUT2D eigenvalue weighted by Crippen LogP contribution is 2.61. The van der Waals surface area contributed by atoms with Crippen LogP contribution in [0.5, 0.6) is 0 Å². The van der Waals surface area contributed by atoms with Crippen LogP contribution in [-0.2, 0) is 15.1 Å². The summed E-state index contributed by atoms with van der Waals surface area (Å²) in [5.41, 5.74) is 0.675. The Balaban J connectivity index is 1.65. The van der Waals surface area contributed by atoms with Crippen molar-refractivity contribution in [2.75, 3.05) is 18.4 Å². The second-order valence-corrected chi connectivity index (χ2v) is 10.5. The van der Waals surface area contributed by atoms with Crippen molar-refractivity contribution in [1.82, 2.24) is 9.80 Å². The van der Waals surface area contributed by atoms with Gasteiger partial charge in [-0.15, -0.1) is 0 Å². The first kappa shape index (κ1) is 21.4. The molecule has 3 heterocycles. The van der Waals surface area contributed by atoms with E-state index in [4.69, 9.17) is 23.2 Å². The van der Waals surface area contributed by atoms with Crippen LogP contribution in [0.1, 0.15) is 43.2 Å². The Morgan fingerprint density at radius 1 is 1.21 bits per heavy atom. The van der Waals surface area contributed by atoms with E-state index in [1.54, 1.807) is 31.2 Å². The summed E-state index contributed by atoms with van der Waals surface area (Å²) in [5.74, 6) is -0.883. The number of benzene rings is 2. The number of rotatable bonds is 3. The number of hydrogen-bond acceptors (Lipinski definition) is 3. The van der Waals surface area contributed by atoms with Crippen molar-refractivity contribution in [2.45, 2.75) is 49.7 Å². The third-order valence-corrected chi connectivity index (χ3v) is 8.45. The van der Waals surface area contributed by atoms with Crippen molar-refractivity contribution in [3.05, 3.63) is 63.4 Å². The van der Waals surface area contributed by atoms with Gasteiger partial charge in [0.25, 0.3) is 0 Å². The Bertz CT molecular complexity index is 1190. The zero-order valence-electron chi connectivity index (χ0n) is 18.2. The molecule has 1 N–H and O–H groups in total. The molecule has 0 radical (unpaired) electrons. The minimum atomic E-state index is -1.14. The number of hydrogen-bond donors (Lipinski definition) is 1. The van der Waals surface area contributed by atoms with Gasteiger partial charge in [-0.25, -0.2) is 4.39 Å². The molecule has 4 aliphatic rings. The molecule has 0 unspecified atom stereocenters. The molecule has 6 rings (SSSR count). The zero-order valence-corrected chi connectivity index (χ0v) is 19.7. The second-order valence-electron chi connectivity index (χ2n) is 9.69. The normalized spacial score (nSPS) is 30.6. The minimum absolute atomic E-state index is 0.0157. The van der Waals surface area contributed by atoms with Crippen LogP contribution >= 0.6 is 23.2 Å². The predicted molar refractivity (Wildman–Crippen MR) is 125 cm³/mol. The van der Waals surface area contributed by atoms with E-state index in [0.29, 0.717) is 28.7 Å². The van der Waals surface area contributed by atoms with Crippen LogP contribution in [-0.4, -0.2) is 46.8 Å². The summed E-state index contributed by atoms with van der Waals surface area (Å²) < 4.78 is 15.6. The van der Waals surface area contributed by atoms with Crippen molar-refractivity contribution < 1.29 is 14.0 Å². The largest absolute Gasteiger partial charge is 0.338 e. The molecule has 3 aliphatic heterocycles. The van der Waals surface area contributed by atoms with E-state index >= 15 is 4.39 Å². The van der Waals surface area contributed by atoms with Crippen LogP contribution in [0.4, 0.5) is 10.1 Å². The SMILES string of the molecule is CC(=O)N1CC[C@H]2[C@@H]1[C@H](c1cccc(Cl)c1F)[C@]1(C(=O)Nc3cc(Cl)ccc31)N2CC1CC1. The average molecular weight is 488 g/mol. The number of anilines is 1. The summed E-state index contributed by atoms with van der Waals surface area (Å²) in [5, 5.41) is 3.58. The smallest absolute Gasteiger partial charge is 0.250 e. The fourth-order valence-electron chi connectivity index (χ4n) is 6.51. The third-order valence-electron chi connectivity index (χ3n) is 7.92. The monoisotopic (exact) mass is 487 g/mol. The Labute approximate surface area is 201 Å². The summed E-state index contributed by atoms with van der Waals surface area (Å²) in [7, 11) is 0. The van der Waals surface area contributed by atoms with Gasteiger partial charge in [0.15, 0.2) is 0 Å². The summed E-state index contributed by atoms with van der Waals surface area (Å²) >= 11 is 12.5. The summed E-state index contributed by atoms with van der Waals surface area (Å²) in [6.45, 7) is 2.88. The number of carbonyl (C=O) groups excluding carboxylic acids is 2. The number of likely N-dealkylation sites (tertiary alicyclic amines) is 2. The van der Waals surface area contributed by atoms with Gasteiger partial charge in [0, 0.05) is 48.2 Å². The van der Waals surface area contributed by atoms with E-state index in [1.165, 1.54) is 6.07 Å². The van der Waals surface area contributed by atoms with Crippen molar-refractivity contribution >= 4 is 40.7 Å². The number of nitrogens with one attached hydrogen (secondary N) is 1. The maximum atomic E-state index is 15.6. The van der Waals surface area contributed by atoms with Gasteiger partial charge in [0.2, 0.25) is 11.8 Å². The molecule has 8 heteroatoms. The third kappa shape index (κ3) is 2.93. The Morgan fingerprint density at radius 3 is 2.73 bits per heavy atom. The molecule has 0 bridgehead atoms. The van der Waals surface area contributed by atoms with Crippen molar-refractivity contribution in [1.29, 1.82) is 0 Å². The lowest BCUT2D eigenvalue weighted by Gasteiger charge is -2.41. The molecule has 33 heavy (non-hydrogen) atoms. The summed E-state index contributed by atoms with van der Waals surface area (Å²) in [4.78, 5) is 30.8. The van der Waals surface area contributed by atoms with Crippen molar-refractivity contribution in [3.63, 3.8) is 0 Å². The van der Waals surface area contributed by atoms with E-state index in [2.05, 4.69) is 10.2 Å². The van der Waals surface area contributed by atoms with Gasteiger partial charge >= 0.3 is 0 Å². The average Bonchev–Trinajstić information content (AvgIpc) is 3.32. The highest BCUT2D eigenvalue weighted by Gasteiger charge is 2.70. The number of fused-ring (bicyclic) bond motifs is 3. The van der Waals surface area contributed by atoms with Gasteiger partial charge in [-0.05, 0) is 48.9 Å². The molecule has 1 aliphatic carbocycles. The summed E-state index contributed by atoms with van der Waals surface area (Å²) in [6.07, 6.45) is 2.98. The standard InChI is InChI=1S/C25H24Cl2FN3O2/c1-13(32)30-10-9-20-23(30)21(16-3-2-4-18(27)22(16)28)25(31(20)12-14-5-6-14)17-8-7-15(26)11-19(17)29-24(25)33/h2-4,7-8,11,14,20-21,23H,5-6,9-10,12H2,1H3,(H,29,33)/t20-,21-,23+,25+/m0/s1. The van der Waals surface area contributed by atoms with Crippen LogP contribution in [0.25, 0.3) is 0 Å². The van der Waals surface area contributed by atoms with Gasteiger partial charge < -0.3 is 10.2 Å². The maximum absolute atomic E-state index is 15.6. The van der Waals surface area contributed by atoms with E-state index in [9.17, 15) is 9.59 Å². The van der Waals surface area contributed by atoms with E-state index in [-0.39, 0.29) is 28.9 Å². The van der Waals surface area contributed by atoms with Gasteiger partial charge in [-0.2, -0.15) is 0 Å². The van der Waals surface area contributed by atoms with Crippen LogP contribution in [0.2, 0.25) is 10.0 Å². The Kier molecular flexibility index (Phi) is 4.81. The first-order chi connectivity index (χ1) is 15.8. The second kappa shape index (κ2) is 7.42. The molecule has 2 amide bonds. The van der Waals surface area contributed by atoms with Crippen LogP contribution in [0.15, 0.2) is 36.4 Å². The molecule has 3 fully saturated rings. The molecule has 0 aromatic heterocycles. The molecule has 172 valence electrons. The molecule has 5 nitrogen and oxygen atoms in total. The number of halogens is 3. The van der Waals surface area contributed by atoms with E-state index in [1.807, 2.05) is 11.0 Å². The predicted octanol–water partition coefficient (Wildman–Crippen LogP) is 4.78. The lowest BCUT2D eigenvalue weighted by Crippen LogP contribution is -2.53. The van der Waals surface area contributed by atoms with Crippen LogP contribution in [0.3, 0.4) is 0 Å². The maximum Gasteiger partial charge on any atom is 0.250 e. The molecule has 1 saturated carbocycles. The zero-order chi connectivity index (χ0) is 23.1.